The fraction of sp³-hybridized carbons (Fsp3) is 0.133. The minimum atomic E-state index is -0.960. The molecule has 4 nitrogen and oxygen atoms in total. The van der Waals surface area contributed by atoms with Crippen LogP contribution in [0, 0.1) is 6.92 Å². The summed E-state index contributed by atoms with van der Waals surface area (Å²) in [6, 6.07) is 10.7. The first kappa shape index (κ1) is 14.4. The maximum Gasteiger partial charge on any atom is 0.337 e. The Morgan fingerprint density at radius 1 is 1.25 bits per heavy atom. The van der Waals surface area contributed by atoms with E-state index in [-0.39, 0.29) is 5.56 Å². The van der Waals surface area contributed by atoms with Crippen molar-refractivity contribution in [1.82, 2.24) is 0 Å². The van der Waals surface area contributed by atoms with Crippen molar-refractivity contribution in [3.63, 3.8) is 0 Å². The van der Waals surface area contributed by atoms with E-state index in [1.54, 1.807) is 25.3 Å². The Hall–Kier alpha value is -2.01. The van der Waals surface area contributed by atoms with Gasteiger partial charge >= 0.3 is 5.97 Å². The van der Waals surface area contributed by atoms with Crippen molar-refractivity contribution in [3.8, 4) is 5.75 Å². The third-order valence-electron chi connectivity index (χ3n) is 2.79. The standard InChI is InChI=1S/C15H14BrNO3/c1-9-3-4-14(13(5-9)15(18)19)17-11-6-10(16)7-12(8-11)20-2/h3-8,17H,1-2H3,(H,18,19). The van der Waals surface area contributed by atoms with Crippen LogP contribution >= 0.6 is 15.9 Å². The molecule has 0 aromatic heterocycles. The van der Waals surface area contributed by atoms with E-state index in [1.807, 2.05) is 25.1 Å². The average Bonchev–Trinajstić information content (AvgIpc) is 2.40. The van der Waals surface area contributed by atoms with Crippen molar-refractivity contribution < 1.29 is 14.6 Å². The van der Waals surface area contributed by atoms with Crippen LogP contribution in [0.5, 0.6) is 5.75 Å². The quantitative estimate of drug-likeness (QED) is 0.878. The van der Waals surface area contributed by atoms with Crippen LogP contribution in [0.4, 0.5) is 11.4 Å². The fourth-order valence-electron chi connectivity index (χ4n) is 1.85. The lowest BCUT2D eigenvalue weighted by atomic mass is 10.1. The van der Waals surface area contributed by atoms with Gasteiger partial charge in [-0.25, -0.2) is 4.79 Å². The molecule has 2 aromatic rings. The van der Waals surface area contributed by atoms with E-state index in [9.17, 15) is 9.90 Å². The summed E-state index contributed by atoms with van der Waals surface area (Å²) in [5.74, 6) is -0.274. The third-order valence-corrected chi connectivity index (χ3v) is 3.25. The highest BCUT2D eigenvalue weighted by Gasteiger charge is 2.11. The summed E-state index contributed by atoms with van der Waals surface area (Å²) in [4.78, 5) is 11.3. The smallest absolute Gasteiger partial charge is 0.337 e. The van der Waals surface area contributed by atoms with Gasteiger partial charge in [-0.3, -0.25) is 0 Å². The molecule has 104 valence electrons. The van der Waals surface area contributed by atoms with Crippen molar-refractivity contribution in [2.45, 2.75) is 6.92 Å². The molecule has 0 saturated heterocycles. The molecule has 5 heteroatoms. The number of aromatic carboxylic acids is 1. The largest absolute Gasteiger partial charge is 0.497 e. The van der Waals surface area contributed by atoms with Gasteiger partial charge in [-0.2, -0.15) is 0 Å². The molecule has 0 spiro atoms. The molecule has 0 radical (unpaired) electrons. The van der Waals surface area contributed by atoms with Gasteiger partial charge in [-0.15, -0.1) is 0 Å². The fourth-order valence-corrected chi connectivity index (χ4v) is 2.32. The Kier molecular flexibility index (Phi) is 4.29. The Morgan fingerprint density at radius 3 is 2.65 bits per heavy atom. The molecule has 0 unspecified atom stereocenters. The van der Waals surface area contributed by atoms with Gasteiger partial charge in [0.2, 0.25) is 0 Å². The Balaban J connectivity index is 2.39. The van der Waals surface area contributed by atoms with E-state index in [2.05, 4.69) is 21.2 Å². The van der Waals surface area contributed by atoms with Crippen molar-refractivity contribution >= 4 is 33.3 Å². The molecule has 0 fully saturated rings. The molecule has 0 saturated carbocycles. The number of anilines is 2. The van der Waals surface area contributed by atoms with Crippen molar-refractivity contribution in [2.24, 2.45) is 0 Å². The zero-order valence-electron chi connectivity index (χ0n) is 11.1. The highest BCUT2D eigenvalue weighted by molar-refractivity contribution is 9.10. The SMILES string of the molecule is COc1cc(Br)cc(Nc2ccc(C)cc2C(=O)O)c1. The summed E-state index contributed by atoms with van der Waals surface area (Å²) in [6.07, 6.45) is 0. The number of hydrogen-bond acceptors (Lipinski definition) is 3. The summed E-state index contributed by atoms with van der Waals surface area (Å²) in [5, 5.41) is 12.4. The highest BCUT2D eigenvalue weighted by atomic mass is 79.9. The monoisotopic (exact) mass is 335 g/mol. The summed E-state index contributed by atoms with van der Waals surface area (Å²) < 4.78 is 6.03. The van der Waals surface area contributed by atoms with E-state index in [0.717, 1.165) is 15.7 Å². The van der Waals surface area contributed by atoms with Crippen molar-refractivity contribution in [3.05, 3.63) is 52.0 Å². The highest BCUT2D eigenvalue weighted by Crippen LogP contribution is 2.28. The molecular weight excluding hydrogens is 322 g/mol. The summed E-state index contributed by atoms with van der Waals surface area (Å²) in [7, 11) is 1.58. The molecule has 0 atom stereocenters. The second kappa shape index (κ2) is 5.96. The van der Waals surface area contributed by atoms with E-state index in [0.29, 0.717) is 11.4 Å². The lowest BCUT2D eigenvalue weighted by Gasteiger charge is -2.12. The number of carboxylic acid groups (broad SMARTS) is 1. The first-order chi connectivity index (χ1) is 9.49. The number of halogens is 1. The number of methoxy groups -OCH3 is 1. The van der Waals surface area contributed by atoms with Crippen LogP contribution in [0.2, 0.25) is 0 Å². The molecule has 0 amide bonds. The van der Waals surface area contributed by atoms with E-state index in [4.69, 9.17) is 4.74 Å². The topological polar surface area (TPSA) is 58.6 Å². The molecule has 0 heterocycles. The maximum absolute atomic E-state index is 11.3. The number of rotatable bonds is 4. The van der Waals surface area contributed by atoms with Crippen molar-refractivity contribution in [1.29, 1.82) is 0 Å². The van der Waals surface area contributed by atoms with Crippen LogP contribution in [-0.4, -0.2) is 18.2 Å². The van der Waals surface area contributed by atoms with Gasteiger partial charge in [-0.1, -0.05) is 27.6 Å². The van der Waals surface area contributed by atoms with Gasteiger partial charge in [0.1, 0.15) is 5.75 Å². The zero-order valence-corrected chi connectivity index (χ0v) is 12.7. The number of ether oxygens (including phenoxy) is 1. The van der Waals surface area contributed by atoms with E-state index < -0.39 is 5.97 Å². The molecular formula is C15H14BrNO3. The molecule has 2 N–H and O–H groups in total. The van der Waals surface area contributed by atoms with Crippen LogP contribution in [0.25, 0.3) is 0 Å². The normalized spacial score (nSPS) is 10.2. The van der Waals surface area contributed by atoms with Crippen LogP contribution in [-0.2, 0) is 0 Å². The maximum atomic E-state index is 11.3. The predicted molar refractivity (Wildman–Crippen MR) is 82.1 cm³/mol. The van der Waals surface area contributed by atoms with Crippen LogP contribution in [0.3, 0.4) is 0 Å². The lowest BCUT2D eigenvalue weighted by molar-refractivity contribution is 0.0698. The second-order valence-electron chi connectivity index (χ2n) is 4.36. The average molecular weight is 336 g/mol. The third kappa shape index (κ3) is 3.30. The Bertz CT molecular complexity index is 656. The lowest BCUT2D eigenvalue weighted by Crippen LogP contribution is -2.03. The summed E-state index contributed by atoms with van der Waals surface area (Å²) in [6.45, 7) is 1.86. The molecule has 2 aromatic carbocycles. The number of aryl methyl sites for hydroxylation is 1. The molecule has 0 aliphatic rings. The van der Waals surface area contributed by atoms with Gasteiger partial charge in [0.05, 0.1) is 18.4 Å². The second-order valence-corrected chi connectivity index (χ2v) is 5.27. The zero-order chi connectivity index (χ0) is 14.7. The number of hydrogen-bond donors (Lipinski definition) is 2. The number of benzene rings is 2. The Morgan fingerprint density at radius 2 is 2.00 bits per heavy atom. The van der Waals surface area contributed by atoms with Gasteiger partial charge < -0.3 is 15.2 Å². The van der Waals surface area contributed by atoms with Crippen LogP contribution < -0.4 is 10.1 Å². The van der Waals surface area contributed by atoms with E-state index in [1.165, 1.54) is 0 Å². The Labute approximate surface area is 125 Å². The number of carbonyl (C=O) groups is 1. The molecule has 0 aliphatic heterocycles. The van der Waals surface area contributed by atoms with Gasteiger partial charge in [0.15, 0.2) is 0 Å². The van der Waals surface area contributed by atoms with Crippen LogP contribution in [0.1, 0.15) is 15.9 Å². The number of carboxylic acids is 1. The van der Waals surface area contributed by atoms with Gasteiger partial charge in [-0.05, 0) is 31.2 Å². The summed E-state index contributed by atoms with van der Waals surface area (Å²) >= 11 is 3.39. The van der Waals surface area contributed by atoms with Crippen molar-refractivity contribution in [2.75, 3.05) is 12.4 Å². The predicted octanol–water partition coefficient (Wildman–Crippen LogP) is 4.21. The minimum Gasteiger partial charge on any atom is -0.497 e. The molecule has 2 rings (SSSR count). The van der Waals surface area contributed by atoms with Gasteiger partial charge in [0, 0.05) is 16.2 Å². The van der Waals surface area contributed by atoms with Crippen LogP contribution in [0.15, 0.2) is 40.9 Å². The van der Waals surface area contributed by atoms with Gasteiger partial charge in [0.25, 0.3) is 0 Å². The molecule has 0 bridgehead atoms. The molecule has 0 aliphatic carbocycles. The van der Waals surface area contributed by atoms with E-state index >= 15 is 0 Å². The molecule has 20 heavy (non-hydrogen) atoms. The summed E-state index contributed by atoms with van der Waals surface area (Å²) in [5.41, 5.74) is 2.44. The first-order valence-corrected chi connectivity index (χ1v) is 6.74. The first-order valence-electron chi connectivity index (χ1n) is 5.95. The number of nitrogens with one attached hydrogen (secondary N) is 1. The minimum absolute atomic E-state index is 0.240.